The smallest absolute Gasteiger partial charge is 0.274 e. The molecule has 1 N–H and O–H groups in total. The molecule has 1 aromatic heterocycles. The third kappa shape index (κ3) is 3.19. The molecule has 4 rings (SSSR count). The maximum absolute atomic E-state index is 13.3. The summed E-state index contributed by atoms with van der Waals surface area (Å²) in [4.78, 5) is 35.6. The number of hydrogen-bond donors (Lipinski definition) is 1. The fraction of sp³-hybridized carbons (Fsp3) is 0.400. The van der Waals surface area contributed by atoms with Crippen LogP contribution >= 0.6 is 0 Å². The Hall–Kier alpha value is -2.76. The normalized spacial score (nSPS) is 25.8. The van der Waals surface area contributed by atoms with Gasteiger partial charge in [0.25, 0.3) is 5.91 Å². The van der Waals surface area contributed by atoms with Crippen LogP contribution in [-0.4, -0.2) is 38.8 Å². The Balaban J connectivity index is 1.72. The molecule has 2 saturated heterocycles. The van der Waals surface area contributed by atoms with Gasteiger partial charge in [0.2, 0.25) is 5.91 Å². The Morgan fingerprint density at radius 2 is 2.00 bits per heavy atom. The number of carbonyl (C=O) groups is 2. The lowest BCUT2D eigenvalue weighted by molar-refractivity contribution is -0.122. The second-order valence-electron chi connectivity index (χ2n) is 6.95. The molecule has 0 aliphatic carbocycles. The Bertz CT molecular complexity index is 781. The summed E-state index contributed by atoms with van der Waals surface area (Å²) in [5.41, 5.74) is 1.44. The van der Waals surface area contributed by atoms with Crippen LogP contribution in [0.15, 0.2) is 48.9 Å². The summed E-state index contributed by atoms with van der Waals surface area (Å²) < 4.78 is 0. The van der Waals surface area contributed by atoms with E-state index in [0.29, 0.717) is 12.1 Å². The minimum atomic E-state index is -0.116. The molecular formula is C20H22N4O2. The lowest BCUT2D eigenvalue weighted by Gasteiger charge is -2.32. The van der Waals surface area contributed by atoms with Gasteiger partial charge < -0.3 is 10.2 Å². The molecule has 134 valence electrons. The standard InChI is InChI=1S/C20H22N4O2/c25-19-9-5-4-8-17-15(23-19)12-18(14-6-2-1-3-7-14)24(17)20(26)16-13-21-10-11-22-16/h1-3,6-7,10-11,13,15,17-18H,4-5,8-9,12H2,(H,23,25)/t15-,17+,18+/m1/s1. The van der Waals surface area contributed by atoms with Crippen LogP contribution in [0.3, 0.4) is 0 Å². The topological polar surface area (TPSA) is 75.2 Å². The van der Waals surface area contributed by atoms with E-state index in [4.69, 9.17) is 0 Å². The van der Waals surface area contributed by atoms with E-state index in [1.807, 2.05) is 35.2 Å². The van der Waals surface area contributed by atoms with Gasteiger partial charge in [-0.1, -0.05) is 36.8 Å². The zero-order valence-corrected chi connectivity index (χ0v) is 14.5. The van der Waals surface area contributed by atoms with Crippen LogP contribution < -0.4 is 5.32 Å². The maximum Gasteiger partial charge on any atom is 0.274 e. The van der Waals surface area contributed by atoms with Crippen LogP contribution in [0.1, 0.15) is 54.2 Å². The van der Waals surface area contributed by atoms with Crippen molar-refractivity contribution >= 4 is 11.8 Å². The molecule has 26 heavy (non-hydrogen) atoms. The van der Waals surface area contributed by atoms with Crippen molar-refractivity contribution in [3.8, 4) is 0 Å². The van der Waals surface area contributed by atoms with Crippen molar-refractivity contribution in [3.63, 3.8) is 0 Å². The second-order valence-corrected chi connectivity index (χ2v) is 6.95. The summed E-state index contributed by atoms with van der Waals surface area (Å²) >= 11 is 0. The van der Waals surface area contributed by atoms with Crippen molar-refractivity contribution in [2.24, 2.45) is 0 Å². The van der Waals surface area contributed by atoms with Gasteiger partial charge in [0.15, 0.2) is 0 Å². The predicted molar refractivity (Wildman–Crippen MR) is 96.2 cm³/mol. The van der Waals surface area contributed by atoms with E-state index in [1.54, 1.807) is 6.20 Å². The molecule has 0 radical (unpaired) electrons. The summed E-state index contributed by atoms with van der Waals surface area (Å²) in [6.45, 7) is 0. The van der Waals surface area contributed by atoms with Crippen LogP contribution in [-0.2, 0) is 4.79 Å². The second kappa shape index (κ2) is 7.23. The molecule has 2 fully saturated rings. The third-order valence-electron chi connectivity index (χ3n) is 5.34. The molecule has 0 spiro atoms. The first-order valence-electron chi connectivity index (χ1n) is 9.17. The monoisotopic (exact) mass is 350 g/mol. The van der Waals surface area contributed by atoms with E-state index in [9.17, 15) is 9.59 Å². The van der Waals surface area contributed by atoms with Gasteiger partial charge in [-0.05, 0) is 24.8 Å². The zero-order valence-electron chi connectivity index (χ0n) is 14.5. The number of amides is 2. The molecule has 6 nitrogen and oxygen atoms in total. The van der Waals surface area contributed by atoms with Crippen LogP contribution in [0.4, 0.5) is 0 Å². The first-order chi connectivity index (χ1) is 12.7. The molecule has 3 heterocycles. The number of hydrogen-bond acceptors (Lipinski definition) is 4. The van der Waals surface area contributed by atoms with Gasteiger partial charge in [0.05, 0.1) is 24.3 Å². The van der Waals surface area contributed by atoms with E-state index in [2.05, 4.69) is 15.3 Å². The highest BCUT2D eigenvalue weighted by molar-refractivity contribution is 5.93. The number of likely N-dealkylation sites (tertiary alicyclic amines) is 1. The average Bonchev–Trinajstić information content (AvgIpc) is 3.01. The third-order valence-corrected chi connectivity index (χ3v) is 5.34. The number of fused-ring (bicyclic) bond motifs is 1. The lowest BCUT2D eigenvalue weighted by atomic mass is 9.97. The van der Waals surface area contributed by atoms with Crippen LogP contribution in [0.5, 0.6) is 0 Å². The summed E-state index contributed by atoms with van der Waals surface area (Å²) in [5.74, 6) is -0.0328. The highest BCUT2D eigenvalue weighted by atomic mass is 16.2. The van der Waals surface area contributed by atoms with Crippen LogP contribution in [0.2, 0.25) is 0 Å². The maximum atomic E-state index is 13.3. The van der Waals surface area contributed by atoms with Gasteiger partial charge in [-0.25, -0.2) is 4.98 Å². The predicted octanol–water partition coefficient (Wildman–Crippen LogP) is 2.49. The Morgan fingerprint density at radius 3 is 2.77 bits per heavy atom. The summed E-state index contributed by atoms with van der Waals surface area (Å²) in [7, 11) is 0. The summed E-state index contributed by atoms with van der Waals surface area (Å²) in [6, 6.07) is 9.92. The quantitative estimate of drug-likeness (QED) is 0.903. The molecule has 2 aromatic rings. The Labute approximate surface area is 152 Å². The molecule has 1 aromatic carbocycles. The van der Waals surface area contributed by atoms with Gasteiger partial charge in [-0.15, -0.1) is 0 Å². The molecule has 6 heteroatoms. The fourth-order valence-corrected chi connectivity index (χ4v) is 4.16. The molecule has 2 amide bonds. The molecule has 2 aliphatic rings. The van der Waals surface area contributed by atoms with Crippen molar-refractivity contribution in [2.45, 2.75) is 50.2 Å². The number of nitrogens with one attached hydrogen (secondary N) is 1. The molecular weight excluding hydrogens is 328 g/mol. The molecule has 0 unspecified atom stereocenters. The van der Waals surface area contributed by atoms with Gasteiger partial charge >= 0.3 is 0 Å². The summed E-state index contributed by atoms with van der Waals surface area (Å²) in [5, 5.41) is 3.15. The van der Waals surface area contributed by atoms with E-state index in [-0.39, 0.29) is 29.9 Å². The number of rotatable bonds is 2. The van der Waals surface area contributed by atoms with E-state index in [1.165, 1.54) is 12.4 Å². The Morgan fingerprint density at radius 1 is 1.15 bits per heavy atom. The lowest BCUT2D eigenvalue weighted by Crippen LogP contribution is -2.48. The first-order valence-corrected chi connectivity index (χ1v) is 9.17. The number of nitrogens with zero attached hydrogens (tertiary/aromatic N) is 3. The minimum Gasteiger partial charge on any atom is -0.351 e. The molecule has 3 atom stereocenters. The van der Waals surface area contributed by atoms with Crippen molar-refractivity contribution < 1.29 is 9.59 Å². The van der Waals surface area contributed by atoms with E-state index in [0.717, 1.165) is 31.2 Å². The van der Waals surface area contributed by atoms with Crippen molar-refractivity contribution in [2.75, 3.05) is 0 Å². The van der Waals surface area contributed by atoms with Gasteiger partial charge in [-0.2, -0.15) is 0 Å². The average molecular weight is 350 g/mol. The Kier molecular flexibility index (Phi) is 4.65. The molecule has 0 bridgehead atoms. The minimum absolute atomic E-state index is 0.0148. The molecule has 2 aliphatic heterocycles. The van der Waals surface area contributed by atoms with Crippen molar-refractivity contribution in [1.29, 1.82) is 0 Å². The first kappa shape index (κ1) is 16.7. The largest absolute Gasteiger partial charge is 0.351 e. The highest BCUT2D eigenvalue weighted by Gasteiger charge is 2.45. The van der Waals surface area contributed by atoms with Crippen molar-refractivity contribution in [3.05, 3.63) is 60.2 Å². The fourth-order valence-electron chi connectivity index (χ4n) is 4.16. The SMILES string of the molecule is O=C1CCCC[C@H]2[C@@H](C[C@@H](c3ccccc3)N2C(=O)c2cnccn2)N1. The van der Waals surface area contributed by atoms with Crippen molar-refractivity contribution in [1.82, 2.24) is 20.2 Å². The summed E-state index contributed by atoms with van der Waals surface area (Å²) in [6.07, 6.45) is 8.61. The zero-order chi connectivity index (χ0) is 17.9. The molecule has 0 saturated carbocycles. The van der Waals surface area contributed by atoms with Gasteiger partial charge in [0.1, 0.15) is 5.69 Å². The highest BCUT2D eigenvalue weighted by Crippen LogP contribution is 2.39. The van der Waals surface area contributed by atoms with E-state index < -0.39 is 0 Å². The number of aromatic nitrogens is 2. The van der Waals surface area contributed by atoms with Crippen LogP contribution in [0.25, 0.3) is 0 Å². The number of benzene rings is 1. The van der Waals surface area contributed by atoms with E-state index >= 15 is 0 Å². The van der Waals surface area contributed by atoms with Crippen LogP contribution in [0, 0.1) is 0 Å². The van der Waals surface area contributed by atoms with Gasteiger partial charge in [0, 0.05) is 18.8 Å². The van der Waals surface area contributed by atoms with Gasteiger partial charge in [-0.3, -0.25) is 14.6 Å². The number of carbonyl (C=O) groups excluding carboxylic acids is 2.